The van der Waals surface area contributed by atoms with Gasteiger partial charge in [-0.25, -0.2) is 0 Å². The maximum atomic E-state index is 13.8. The van der Waals surface area contributed by atoms with Gasteiger partial charge in [0.1, 0.15) is 5.75 Å². The molecule has 0 saturated carbocycles. The highest BCUT2D eigenvalue weighted by Crippen LogP contribution is 2.40. The molecule has 0 bridgehead atoms. The first-order valence-electron chi connectivity index (χ1n) is 12.5. The van der Waals surface area contributed by atoms with Crippen LogP contribution >= 0.6 is 11.3 Å². The Balaban J connectivity index is 1.43. The van der Waals surface area contributed by atoms with Gasteiger partial charge in [0.15, 0.2) is 0 Å². The standard InChI is InChI=1S/C27H34N4O4S/c1-28-10-12-30(13-11-28)14-15-31(9-8-20-18-35-20)27(33)24-16-22-23(34-3)6-5-21(26(22)36-24)19-4-7-25(32)29(2)17-19/h4-7,16-17,20H,8-15,18H2,1-3H3. The van der Waals surface area contributed by atoms with Gasteiger partial charge < -0.3 is 23.8 Å². The molecule has 36 heavy (non-hydrogen) atoms. The molecule has 1 amide bonds. The van der Waals surface area contributed by atoms with Crippen molar-refractivity contribution in [2.75, 3.05) is 66.6 Å². The summed E-state index contributed by atoms with van der Waals surface area (Å²) in [7, 11) is 5.55. The van der Waals surface area contributed by atoms with Gasteiger partial charge in [0.2, 0.25) is 5.56 Å². The van der Waals surface area contributed by atoms with E-state index >= 15 is 0 Å². The number of thiophene rings is 1. The lowest BCUT2D eigenvalue weighted by molar-refractivity contribution is 0.0713. The van der Waals surface area contributed by atoms with Gasteiger partial charge >= 0.3 is 0 Å². The number of hydrogen-bond acceptors (Lipinski definition) is 7. The lowest BCUT2D eigenvalue weighted by atomic mass is 10.1. The third-order valence-electron chi connectivity index (χ3n) is 7.16. The van der Waals surface area contributed by atoms with Crippen molar-refractivity contribution in [2.24, 2.45) is 7.05 Å². The first-order chi connectivity index (χ1) is 17.4. The second kappa shape index (κ2) is 10.7. The SMILES string of the molecule is COc1ccc(-c2ccc(=O)n(C)c2)c2sc(C(=O)N(CCC3CO3)CCN3CCN(C)CC3)cc12. The summed E-state index contributed by atoms with van der Waals surface area (Å²) in [4.78, 5) is 33.2. The highest BCUT2D eigenvalue weighted by atomic mass is 32.1. The first-order valence-corrected chi connectivity index (χ1v) is 13.3. The molecule has 2 aliphatic heterocycles. The minimum absolute atomic E-state index is 0.0545. The fourth-order valence-electron chi connectivity index (χ4n) is 4.70. The summed E-state index contributed by atoms with van der Waals surface area (Å²) < 4.78 is 13.6. The molecule has 1 unspecified atom stereocenters. The number of methoxy groups -OCH3 is 1. The number of rotatable bonds is 9. The lowest BCUT2D eigenvalue weighted by Gasteiger charge is -2.34. The van der Waals surface area contributed by atoms with Crippen LogP contribution in [0.1, 0.15) is 16.1 Å². The van der Waals surface area contributed by atoms with E-state index in [1.165, 1.54) is 11.3 Å². The van der Waals surface area contributed by atoms with Crippen molar-refractivity contribution in [3.8, 4) is 16.9 Å². The van der Waals surface area contributed by atoms with E-state index in [4.69, 9.17) is 9.47 Å². The number of benzene rings is 1. The summed E-state index contributed by atoms with van der Waals surface area (Å²) >= 11 is 1.50. The Bertz CT molecular complexity index is 1290. The number of fused-ring (bicyclic) bond motifs is 1. The van der Waals surface area contributed by atoms with Gasteiger partial charge in [0.05, 0.1) is 24.7 Å². The number of hydrogen-bond donors (Lipinski definition) is 0. The smallest absolute Gasteiger partial charge is 0.264 e. The van der Waals surface area contributed by atoms with E-state index in [9.17, 15) is 9.59 Å². The van der Waals surface area contributed by atoms with E-state index in [0.717, 1.165) is 72.7 Å². The number of aromatic nitrogens is 1. The Morgan fingerprint density at radius 1 is 1.14 bits per heavy atom. The second-order valence-electron chi connectivity index (χ2n) is 9.72. The van der Waals surface area contributed by atoms with Crippen molar-refractivity contribution >= 4 is 27.3 Å². The van der Waals surface area contributed by atoms with Crippen LogP contribution in [0.25, 0.3) is 21.2 Å². The van der Waals surface area contributed by atoms with E-state index in [0.29, 0.717) is 18.0 Å². The predicted octanol–water partition coefficient (Wildman–Crippen LogP) is 2.75. The number of likely N-dealkylation sites (N-methyl/N-ethyl adjacent to an activating group) is 1. The number of carbonyl (C=O) groups excluding carboxylic acids is 1. The molecule has 2 aromatic heterocycles. The van der Waals surface area contributed by atoms with Crippen molar-refractivity contribution in [3.05, 3.63) is 51.8 Å². The monoisotopic (exact) mass is 510 g/mol. The molecule has 2 fully saturated rings. The summed E-state index contributed by atoms with van der Waals surface area (Å²) in [6.45, 7) is 7.26. The number of aryl methyl sites for hydroxylation is 1. The number of amides is 1. The van der Waals surface area contributed by atoms with Gasteiger partial charge in [-0.1, -0.05) is 0 Å². The largest absolute Gasteiger partial charge is 0.496 e. The van der Waals surface area contributed by atoms with E-state index in [-0.39, 0.29) is 17.6 Å². The molecule has 2 saturated heterocycles. The topological polar surface area (TPSA) is 70.5 Å². The Labute approximate surface area is 215 Å². The van der Waals surface area contributed by atoms with Crippen molar-refractivity contribution in [1.29, 1.82) is 0 Å². The first kappa shape index (κ1) is 25.0. The van der Waals surface area contributed by atoms with Crippen LogP contribution in [0, 0.1) is 0 Å². The maximum absolute atomic E-state index is 13.8. The second-order valence-corrected chi connectivity index (χ2v) is 10.8. The zero-order chi connectivity index (χ0) is 25.2. The minimum Gasteiger partial charge on any atom is -0.496 e. The summed E-state index contributed by atoms with van der Waals surface area (Å²) in [6.07, 6.45) is 2.98. The molecule has 0 aliphatic carbocycles. The number of carbonyl (C=O) groups is 1. The molecule has 5 rings (SSSR count). The number of nitrogens with zero attached hydrogens (tertiary/aromatic N) is 4. The molecule has 0 N–H and O–H groups in total. The molecule has 192 valence electrons. The van der Waals surface area contributed by atoms with Crippen LogP contribution in [0.15, 0.2) is 41.3 Å². The van der Waals surface area contributed by atoms with E-state index in [1.54, 1.807) is 24.8 Å². The van der Waals surface area contributed by atoms with Crippen molar-refractivity contribution in [3.63, 3.8) is 0 Å². The van der Waals surface area contributed by atoms with Gasteiger partial charge in [-0.2, -0.15) is 0 Å². The molecule has 3 aromatic rings. The van der Waals surface area contributed by atoms with Crippen LogP contribution in [-0.2, 0) is 11.8 Å². The molecule has 4 heterocycles. The zero-order valence-electron chi connectivity index (χ0n) is 21.2. The van der Waals surface area contributed by atoms with Crippen LogP contribution in [0.5, 0.6) is 5.75 Å². The van der Waals surface area contributed by atoms with Gasteiger partial charge in [0, 0.05) is 80.8 Å². The number of epoxide rings is 1. The van der Waals surface area contributed by atoms with Crippen LogP contribution in [0.4, 0.5) is 0 Å². The van der Waals surface area contributed by atoms with E-state index < -0.39 is 0 Å². The highest BCUT2D eigenvalue weighted by Gasteiger charge is 2.27. The molecule has 0 radical (unpaired) electrons. The Morgan fingerprint density at radius 2 is 1.92 bits per heavy atom. The van der Waals surface area contributed by atoms with E-state index in [1.807, 2.05) is 35.4 Å². The van der Waals surface area contributed by atoms with Crippen LogP contribution in [-0.4, -0.2) is 97.9 Å². The predicted molar refractivity (Wildman–Crippen MR) is 143 cm³/mol. The zero-order valence-corrected chi connectivity index (χ0v) is 22.1. The summed E-state index contributed by atoms with van der Waals surface area (Å²) in [5, 5.41) is 0.918. The highest BCUT2D eigenvalue weighted by molar-refractivity contribution is 7.21. The average molecular weight is 511 g/mol. The fraction of sp³-hybridized carbons (Fsp3) is 0.481. The van der Waals surface area contributed by atoms with Gasteiger partial charge in [-0.05, 0) is 43.3 Å². The normalized spacial score (nSPS) is 18.5. The third-order valence-corrected chi connectivity index (χ3v) is 8.32. The molecule has 1 atom stereocenters. The molecule has 8 nitrogen and oxygen atoms in total. The molecule has 9 heteroatoms. The van der Waals surface area contributed by atoms with Crippen molar-refractivity contribution in [2.45, 2.75) is 12.5 Å². The third kappa shape index (κ3) is 5.49. The van der Waals surface area contributed by atoms with Crippen LogP contribution < -0.4 is 10.3 Å². The number of piperazine rings is 1. The van der Waals surface area contributed by atoms with Crippen LogP contribution in [0.3, 0.4) is 0 Å². The summed E-state index contributed by atoms with van der Waals surface area (Å²) in [5.74, 6) is 0.795. The summed E-state index contributed by atoms with van der Waals surface area (Å²) in [6, 6.07) is 9.30. The molecule has 1 aromatic carbocycles. The van der Waals surface area contributed by atoms with Gasteiger partial charge in [0.25, 0.3) is 5.91 Å². The summed E-state index contributed by atoms with van der Waals surface area (Å²) in [5.41, 5.74) is 1.87. The van der Waals surface area contributed by atoms with Crippen LogP contribution in [0.2, 0.25) is 0 Å². The Hall–Kier alpha value is -2.72. The van der Waals surface area contributed by atoms with Gasteiger partial charge in [-0.15, -0.1) is 11.3 Å². The minimum atomic E-state index is -0.0545. The molecule has 0 spiro atoms. The maximum Gasteiger partial charge on any atom is 0.264 e. The quantitative estimate of drug-likeness (QED) is 0.413. The average Bonchev–Trinajstić information content (AvgIpc) is 3.61. The molecule has 2 aliphatic rings. The number of pyridine rings is 1. The Kier molecular flexibility index (Phi) is 7.43. The molecular weight excluding hydrogens is 476 g/mol. The fourth-order valence-corrected chi connectivity index (χ4v) is 5.88. The van der Waals surface area contributed by atoms with Gasteiger partial charge in [-0.3, -0.25) is 14.5 Å². The number of ether oxygens (including phenoxy) is 2. The lowest BCUT2D eigenvalue weighted by Crippen LogP contribution is -2.47. The van der Waals surface area contributed by atoms with E-state index in [2.05, 4.69) is 16.8 Å². The Morgan fingerprint density at radius 3 is 2.61 bits per heavy atom. The molecular formula is C27H34N4O4S. The van der Waals surface area contributed by atoms with Crippen molar-refractivity contribution in [1.82, 2.24) is 19.3 Å². The van der Waals surface area contributed by atoms with Crippen molar-refractivity contribution < 1.29 is 14.3 Å².